The summed E-state index contributed by atoms with van der Waals surface area (Å²) in [7, 11) is 0. The Kier molecular flexibility index (Phi) is 3.35. The summed E-state index contributed by atoms with van der Waals surface area (Å²) in [6, 6.07) is 13.8. The smallest absolute Gasteiger partial charge is 0.0161 e. The number of hydrogen-bond acceptors (Lipinski definition) is 0. The van der Waals surface area contributed by atoms with E-state index in [-0.39, 0.29) is 16.2 Å². The lowest BCUT2D eigenvalue weighted by atomic mass is 9.74. The van der Waals surface area contributed by atoms with Crippen LogP contribution in [0.4, 0.5) is 0 Å². The highest BCUT2D eigenvalue weighted by Gasteiger charge is 2.41. The Hall–Kier alpha value is -1.56. The van der Waals surface area contributed by atoms with Crippen molar-refractivity contribution in [3.05, 3.63) is 58.7 Å². The van der Waals surface area contributed by atoms with Crippen LogP contribution in [0.2, 0.25) is 0 Å². The van der Waals surface area contributed by atoms with Crippen molar-refractivity contribution < 1.29 is 0 Å². The molecule has 23 heavy (non-hydrogen) atoms. The monoisotopic (exact) mass is 306 g/mol. The SMILES string of the molecule is CC(C)(C)c1cccc2c1-c1cccc(C(C)(C)C)c1C2(C)C. The van der Waals surface area contributed by atoms with Crippen LogP contribution in [0.25, 0.3) is 11.1 Å². The van der Waals surface area contributed by atoms with Gasteiger partial charge in [0.1, 0.15) is 0 Å². The summed E-state index contributed by atoms with van der Waals surface area (Å²) < 4.78 is 0. The van der Waals surface area contributed by atoms with Crippen LogP contribution in [0.15, 0.2) is 36.4 Å². The first-order valence-electron chi connectivity index (χ1n) is 8.74. The summed E-state index contributed by atoms with van der Waals surface area (Å²) in [6.07, 6.45) is 0. The average molecular weight is 306 g/mol. The second kappa shape index (κ2) is 4.72. The number of hydrogen-bond donors (Lipinski definition) is 0. The molecule has 0 spiro atoms. The van der Waals surface area contributed by atoms with Crippen molar-refractivity contribution in [2.45, 2.75) is 71.6 Å². The molecule has 122 valence electrons. The molecule has 0 saturated carbocycles. The van der Waals surface area contributed by atoms with Crippen molar-refractivity contribution in [2.24, 2.45) is 0 Å². The fourth-order valence-electron chi connectivity index (χ4n) is 4.18. The van der Waals surface area contributed by atoms with E-state index in [1.165, 1.54) is 33.4 Å². The van der Waals surface area contributed by atoms with Crippen LogP contribution >= 0.6 is 0 Å². The molecule has 1 aliphatic rings. The summed E-state index contributed by atoms with van der Waals surface area (Å²) in [4.78, 5) is 0. The third-order valence-corrected chi connectivity index (χ3v) is 5.31. The zero-order chi connectivity index (χ0) is 17.2. The van der Waals surface area contributed by atoms with Gasteiger partial charge in [0.15, 0.2) is 0 Å². The number of fused-ring (bicyclic) bond motifs is 3. The predicted octanol–water partition coefficient (Wildman–Crippen LogP) is 6.59. The van der Waals surface area contributed by atoms with Crippen LogP contribution in [-0.2, 0) is 16.2 Å². The standard InChI is InChI=1S/C23H30/c1-21(2,3)16-12-10-13-17-19(16)15-11-9-14-18(22(4,5)6)20(15)23(17,7)8/h9-14H,1-8H3. The highest BCUT2D eigenvalue weighted by Crippen LogP contribution is 2.54. The third kappa shape index (κ3) is 2.35. The molecule has 0 nitrogen and oxygen atoms in total. The molecule has 0 fully saturated rings. The predicted molar refractivity (Wildman–Crippen MR) is 101 cm³/mol. The zero-order valence-electron chi connectivity index (χ0n) is 16.0. The van der Waals surface area contributed by atoms with E-state index in [1.807, 2.05) is 0 Å². The molecule has 0 amide bonds. The van der Waals surface area contributed by atoms with Crippen LogP contribution in [0.3, 0.4) is 0 Å². The number of rotatable bonds is 0. The Morgan fingerprint density at radius 3 is 1.78 bits per heavy atom. The molecule has 0 heteroatoms. The maximum Gasteiger partial charge on any atom is 0.0161 e. The van der Waals surface area contributed by atoms with Gasteiger partial charge in [0.05, 0.1) is 0 Å². The van der Waals surface area contributed by atoms with Crippen molar-refractivity contribution >= 4 is 0 Å². The van der Waals surface area contributed by atoms with Gasteiger partial charge in [0, 0.05) is 5.41 Å². The summed E-state index contributed by atoms with van der Waals surface area (Å²) in [5.74, 6) is 0. The lowest BCUT2D eigenvalue weighted by Crippen LogP contribution is -2.23. The third-order valence-electron chi connectivity index (χ3n) is 5.31. The van der Waals surface area contributed by atoms with E-state index in [0.29, 0.717) is 0 Å². The minimum absolute atomic E-state index is 0.0653. The highest BCUT2D eigenvalue weighted by atomic mass is 14.4. The van der Waals surface area contributed by atoms with Gasteiger partial charge >= 0.3 is 0 Å². The van der Waals surface area contributed by atoms with E-state index >= 15 is 0 Å². The molecule has 0 radical (unpaired) electrons. The van der Waals surface area contributed by atoms with Crippen LogP contribution < -0.4 is 0 Å². The fraction of sp³-hybridized carbons (Fsp3) is 0.478. The van der Waals surface area contributed by atoms with Gasteiger partial charge in [-0.3, -0.25) is 0 Å². The maximum atomic E-state index is 2.39. The molecule has 0 aliphatic heterocycles. The fourth-order valence-corrected chi connectivity index (χ4v) is 4.18. The molecule has 2 aromatic carbocycles. The lowest BCUT2D eigenvalue weighted by Gasteiger charge is -2.30. The molecule has 3 rings (SSSR count). The van der Waals surface area contributed by atoms with E-state index in [2.05, 4.69) is 91.8 Å². The lowest BCUT2D eigenvalue weighted by molar-refractivity contribution is 0.556. The van der Waals surface area contributed by atoms with E-state index in [4.69, 9.17) is 0 Å². The summed E-state index contributed by atoms with van der Waals surface area (Å²) in [5.41, 5.74) is 9.26. The zero-order valence-corrected chi connectivity index (χ0v) is 16.0. The molecule has 0 atom stereocenters. The van der Waals surface area contributed by atoms with Gasteiger partial charge in [0.25, 0.3) is 0 Å². The van der Waals surface area contributed by atoms with Gasteiger partial charge in [-0.1, -0.05) is 91.8 Å². The summed E-state index contributed by atoms with van der Waals surface area (Å²) in [5, 5.41) is 0. The first kappa shape index (κ1) is 16.3. The van der Waals surface area contributed by atoms with Gasteiger partial charge in [-0.2, -0.15) is 0 Å². The van der Waals surface area contributed by atoms with Crippen molar-refractivity contribution in [3.8, 4) is 11.1 Å². The molecular weight excluding hydrogens is 276 g/mol. The van der Waals surface area contributed by atoms with Crippen molar-refractivity contribution in [3.63, 3.8) is 0 Å². The molecule has 0 unspecified atom stereocenters. The molecule has 0 bridgehead atoms. The molecule has 0 aromatic heterocycles. The molecular formula is C23H30. The molecule has 0 N–H and O–H groups in total. The van der Waals surface area contributed by atoms with Crippen LogP contribution in [0.1, 0.15) is 77.6 Å². The van der Waals surface area contributed by atoms with Crippen LogP contribution in [0.5, 0.6) is 0 Å². The quantitative estimate of drug-likeness (QED) is 0.515. The van der Waals surface area contributed by atoms with Crippen LogP contribution in [0, 0.1) is 0 Å². The Morgan fingerprint density at radius 2 is 1.22 bits per heavy atom. The Labute approximate surface area is 141 Å². The highest BCUT2D eigenvalue weighted by molar-refractivity contribution is 5.85. The number of benzene rings is 2. The van der Waals surface area contributed by atoms with Gasteiger partial charge in [-0.25, -0.2) is 0 Å². The molecule has 1 aliphatic carbocycles. The van der Waals surface area contributed by atoms with E-state index in [0.717, 1.165) is 0 Å². The largest absolute Gasteiger partial charge is 0.0616 e. The Balaban J connectivity index is 2.43. The first-order valence-corrected chi connectivity index (χ1v) is 8.74. The summed E-state index contributed by atoms with van der Waals surface area (Å²) >= 11 is 0. The molecule has 0 heterocycles. The second-order valence-electron chi connectivity index (χ2n) is 9.58. The van der Waals surface area contributed by atoms with Gasteiger partial charge < -0.3 is 0 Å². The Bertz CT molecular complexity index is 762. The minimum atomic E-state index is 0.0653. The van der Waals surface area contributed by atoms with Crippen molar-refractivity contribution in [1.29, 1.82) is 0 Å². The summed E-state index contributed by atoms with van der Waals surface area (Å²) in [6.45, 7) is 18.7. The molecule has 2 aromatic rings. The second-order valence-corrected chi connectivity index (χ2v) is 9.58. The van der Waals surface area contributed by atoms with Crippen LogP contribution in [-0.4, -0.2) is 0 Å². The van der Waals surface area contributed by atoms with Gasteiger partial charge in [0.2, 0.25) is 0 Å². The normalized spacial score (nSPS) is 16.2. The van der Waals surface area contributed by atoms with E-state index in [9.17, 15) is 0 Å². The Morgan fingerprint density at radius 1 is 0.696 bits per heavy atom. The van der Waals surface area contributed by atoms with Gasteiger partial charge in [-0.15, -0.1) is 0 Å². The van der Waals surface area contributed by atoms with E-state index < -0.39 is 0 Å². The van der Waals surface area contributed by atoms with Crippen molar-refractivity contribution in [2.75, 3.05) is 0 Å². The first-order chi connectivity index (χ1) is 10.5. The maximum absolute atomic E-state index is 2.39. The van der Waals surface area contributed by atoms with Crippen molar-refractivity contribution in [1.82, 2.24) is 0 Å². The minimum Gasteiger partial charge on any atom is -0.0616 e. The van der Waals surface area contributed by atoms with E-state index in [1.54, 1.807) is 0 Å². The van der Waals surface area contributed by atoms with Gasteiger partial charge in [-0.05, 0) is 44.2 Å². The molecule has 0 saturated heterocycles. The average Bonchev–Trinajstić information content (AvgIpc) is 2.66. The topological polar surface area (TPSA) is 0 Å².